The molecule has 0 fully saturated rings. The normalized spacial score (nSPS) is 23.7. The first kappa shape index (κ1) is 15.2. The fourth-order valence-electron chi connectivity index (χ4n) is 4.00. The molecule has 0 aromatic heterocycles. The highest BCUT2D eigenvalue weighted by atomic mass is 32.2. The van der Waals surface area contributed by atoms with Crippen molar-refractivity contribution in [2.45, 2.75) is 32.1 Å². The molecule has 1 atom stereocenters. The van der Waals surface area contributed by atoms with E-state index >= 15 is 0 Å². The zero-order chi connectivity index (χ0) is 15.7. The summed E-state index contributed by atoms with van der Waals surface area (Å²) in [7, 11) is 0. The highest BCUT2D eigenvalue weighted by molar-refractivity contribution is 8.05. The van der Waals surface area contributed by atoms with Crippen LogP contribution in [0.5, 0.6) is 0 Å². The van der Waals surface area contributed by atoms with Crippen molar-refractivity contribution in [1.82, 2.24) is 0 Å². The maximum Gasteiger partial charge on any atom is 0.0297 e. The molecular formula is C21H22S. The van der Waals surface area contributed by atoms with Gasteiger partial charge in [0.15, 0.2) is 0 Å². The number of hydrogen-bond donors (Lipinski definition) is 0. The molecule has 2 aliphatic carbocycles. The van der Waals surface area contributed by atoms with Crippen LogP contribution in [0.3, 0.4) is 0 Å². The lowest BCUT2D eigenvalue weighted by molar-refractivity contribution is 0.558. The zero-order valence-electron chi connectivity index (χ0n) is 13.4. The zero-order valence-corrected chi connectivity index (χ0v) is 14.2. The van der Waals surface area contributed by atoms with Gasteiger partial charge in [-0.05, 0) is 59.3 Å². The summed E-state index contributed by atoms with van der Waals surface area (Å²) in [4.78, 5) is 1.46. The van der Waals surface area contributed by atoms with E-state index in [0.29, 0.717) is 0 Å². The molecule has 22 heavy (non-hydrogen) atoms. The van der Waals surface area contributed by atoms with Crippen LogP contribution in [0.2, 0.25) is 0 Å². The fraction of sp³-hybridized carbons (Fsp3) is 0.238. The quantitative estimate of drug-likeness (QED) is 0.620. The van der Waals surface area contributed by atoms with Crippen molar-refractivity contribution in [2.75, 3.05) is 0 Å². The summed E-state index contributed by atoms with van der Waals surface area (Å²) in [6.45, 7) is 12.4. The predicted molar refractivity (Wildman–Crippen MR) is 99.8 cm³/mol. The van der Waals surface area contributed by atoms with Gasteiger partial charge in [0.1, 0.15) is 0 Å². The first-order valence-corrected chi connectivity index (χ1v) is 8.62. The van der Waals surface area contributed by atoms with Gasteiger partial charge < -0.3 is 0 Å². The Morgan fingerprint density at radius 3 is 2.64 bits per heavy atom. The Morgan fingerprint density at radius 2 is 1.95 bits per heavy atom. The minimum absolute atomic E-state index is 0.0720. The molecule has 1 aromatic rings. The number of thioether (sulfide) groups is 1. The molecule has 2 aliphatic rings. The first-order valence-electron chi connectivity index (χ1n) is 7.74. The van der Waals surface area contributed by atoms with Crippen molar-refractivity contribution in [1.29, 1.82) is 0 Å². The smallest absolute Gasteiger partial charge is 0.0297 e. The summed E-state index contributed by atoms with van der Waals surface area (Å²) in [6.07, 6.45) is 8.59. The molecule has 0 nitrogen and oxygen atoms in total. The van der Waals surface area contributed by atoms with Gasteiger partial charge in [0.2, 0.25) is 0 Å². The van der Waals surface area contributed by atoms with E-state index in [-0.39, 0.29) is 5.41 Å². The highest BCUT2D eigenvalue weighted by Crippen LogP contribution is 2.58. The Balaban J connectivity index is 2.20. The van der Waals surface area contributed by atoms with E-state index in [1.54, 1.807) is 11.8 Å². The molecule has 0 saturated carbocycles. The molecule has 0 saturated heterocycles. The second kappa shape index (κ2) is 5.81. The van der Waals surface area contributed by atoms with Gasteiger partial charge in [-0.1, -0.05) is 61.2 Å². The van der Waals surface area contributed by atoms with E-state index in [2.05, 4.69) is 69.5 Å². The molecule has 0 aliphatic heterocycles. The Hall–Kier alpha value is -1.73. The molecule has 1 aromatic carbocycles. The van der Waals surface area contributed by atoms with Gasteiger partial charge in [-0.3, -0.25) is 0 Å². The van der Waals surface area contributed by atoms with Crippen molar-refractivity contribution in [2.24, 2.45) is 0 Å². The monoisotopic (exact) mass is 306 g/mol. The summed E-state index contributed by atoms with van der Waals surface area (Å²) >= 11 is 1.78. The van der Waals surface area contributed by atoms with Crippen LogP contribution in [0.25, 0.3) is 5.57 Å². The molecule has 0 radical (unpaired) electrons. The lowest BCUT2D eigenvalue weighted by Crippen LogP contribution is -2.22. The Morgan fingerprint density at radius 1 is 1.18 bits per heavy atom. The molecule has 1 unspecified atom stereocenters. The molecule has 112 valence electrons. The molecule has 0 bridgehead atoms. The lowest BCUT2D eigenvalue weighted by atomic mass is 9.74. The van der Waals surface area contributed by atoms with Crippen LogP contribution in [-0.4, -0.2) is 0 Å². The molecule has 3 rings (SSSR count). The van der Waals surface area contributed by atoms with Gasteiger partial charge in [-0.15, -0.1) is 11.8 Å². The SMILES string of the molecule is C=CSC1=C(C)CC2(C1)C(C=C)=C(/C=C\C)c1ccccc12. The fourth-order valence-corrected chi connectivity index (χ4v) is 4.80. The van der Waals surface area contributed by atoms with Crippen molar-refractivity contribution in [3.63, 3.8) is 0 Å². The first-order chi connectivity index (χ1) is 10.7. The second-order valence-corrected chi connectivity index (χ2v) is 7.06. The van der Waals surface area contributed by atoms with E-state index in [0.717, 1.165) is 12.8 Å². The van der Waals surface area contributed by atoms with Crippen molar-refractivity contribution >= 4 is 17.3 Å². The largest absolute Gasteiger partial charge is 0.103 e. The minimum atomic E-state index is 0.0720. The lowest BCUT2D eigenvalue weighted by Gasteiger charge is -2.28. The van der Waals surface area contributed by atoms with Crippen LogP contribution in [0.4, 0.5) is 0 Å². The minimum Gasteiger partial charge on any atom is -0.103 e. The van der Waals surface area contributed by atoms with E-state index in [1.807, 2.05) is 5.41 Å². The van der Waals surface area contributed by atoms with Gasteiger partial charge in [0.05, 0.1) is 0 Å². The second-order valence-electron chi connectivity index (χ2n) is 6.00. The van der Waals surface area contributed by atoms with Crippen LogP contribution in [-0.2, 0) is 5.41 Å². The van der Waals surface area contributed by atoms with E-state index in [9.17, 15) is 0 Å². The molecule has 1 spiro atoms. The van der Waals surface area contributed by atoms with E-state index in [1.165, 1.54) is 32.8 Å². The Kier molecular flexibility index (Phi) is 4.01. The molecule has 0 heterocycles. The highest BCUT2D eigenvalue weighted by Gasteiger charge is 2.46. The van der Waals surface area contributed by atoms with Crippen molar-refractivity contribution in [3.05, 3.63) is 88.2 Å². The standard InChI is InChI=1S/C21H22S/c1-5-10-16-17-11-8-9-12-19(17)21(18(16)6-2)13-15(4)20(14-21)22-7-3/h5-12H,2-3,13-14H2,1,4H3/b10-5-. The third-order valence-electron chi connectivity index (χ3n) is 4.81. The van der Waals surface area contributed by atoms with Gasteiger partial charge in [-0.2, -0.15) is 0 Å². The third kappa shape index (κ3) is 2.07. The Bertz CT molecular complexity index is 730. The maximum atomic E-state index is 4.14. The van der Waals surface area contributed by atoms with Crippen LogP contribution in [0.15, 0.2) is 77.1 Å². The van der Waals surface area contributed by atoms with Gasteiger partial charge in [0, 0.05) is 5.41 Å². The summed E-state index contributed by atoms with van der Waals surface area (Å²) in [5.41, 5.74) is 7.10. The van der Waals surface area contributed by atoms with E-state index < -0.39 is 0 Å². The van der Waals surface area contributed by atoms with Crippen molar-refractivity contribution < 1.29 is 0 Å². The molecule has 1 heteroatoms. The summed E-state index contributed by atoms with van der Waals surface area (Å²) in [5.74, 6) is 0. The number of rotatable bonds is 4. The summed E-state index contributed by atoms with van der Waals surface area (Å²) < 4.78 is 0. The van der Waals surface area contributed by atoms with Gasteiger partial charge in [-0.25, -0.2) is 0 Å². The molecule has 0 N–H and O–H groups in total. The van der Waals surface area contributed by atoms with E-state index in [4.69, 9.17) is 0 Å². The summed E-state index contributed by atoms with van der Waals surface area (Å²) in [6, 6.07) is 8.84. The van der Waals surface area contributed by atoms with Crippen LogP contribution in [0.1, 0.15) is 37.8 Å². The number of fused-ring (bicyclic) bond motifs is 2. The number of benzene rings is 1. The molecular weight excluding hydrogens is 284 g/mol. The van der Waals surface area contributed by atoms with Crippen LogP contribution >= 0.6 is 11.8 Å². The van der Waals surface area contributed by atoms with Gasteiger partial charge in [0.25, 0.3) is 0 Å². The van der Waals surface area contributed by atoms with Crippen LogP contribution in [0, 0.1) is 0 Å². The number of hydrogen-bond acceptors (Lipinski definition) is 1. The average Bonchev–Trinajstić information content (AvgIpc) is 2.97. The molecule has 0 amide bonds. The summed E-state index contributed by atoms with van der Waals surface area (Å²) in [5, 5.41) is 1.95. The predicted octanol–water partition coefficient (Wildman–Crippen LogP) is 6.40. The van der Waals surface area contributed by atoms with Gasteiger partial charge >= 0.3 is 0 Å². The van der Waals surface area contributed by atoms with Crippen LogP contribution < -0.4 is 0 Å². The third-order valence-corrected chi connectivity index (χ3v) is 5.75. The number of allylic oxidation sites excluding steroid dienone is 7. The average molecular weight is 306 g/mol. The topological polar surface area (TPSA) is 0 Å². The van der Waals surface area contributed by atoms with Crippen molar-refractivity contribution in [3.8, 4) is 0 Å². The Labute approximate surface area is 138 Å². The maximum absolute atomic E-state index is 4.14.